The van der Waals surface area contributed by atoms with E-state index in [0.29, 0.717) is 5.02 Å². The lowest BCUT2D eigenvalue weighted by molar-refractivity contribution is -0.138. The number of aryl methyl sites for hydroxylation is 2. The Labute approximate surface area is 88.5 Å². The highest BCUT2D eigenvalue weighted by molar-refractivity contribution is 6.32. The number of hydrogen-bond acceptors (Lipinski definition) is 1. The molecule has 3 heteroatoms. The van der Waals surface area contributed by atoms with Crippen molar-refractivity contribution in [3.8, 4) is 0 Å². The van der Waals surface area contributed by atoms with Crippen LogP contribution in [0.4, 0.5) is 0 Å². The van der Waals surface area contributed by atoms with E-state index in [0.717, 1.165) is 16.7 Å². The Bertz CT molecular complexity index is 372. The van der Waals surface area contributed by atoms with Crippen LogP contribution in [0.5, 0.6) is 0 Å². The summed E-state index contributed by atoms with van der Waals surface area (Å²) in [7, 11) is 0. The second kappa shape index (κ2) is 4.01. The van der Waals surface area contributed by atoms with Crippen LogP contribution < -0.4 is 0 Å². The highest BCUT2D eigenvalue weighted by atomic mass is 35.5. The van der Waals surface area contributed by atoms with Crippen molar-refractivity contribution in [1.29, 1.82) is 0 Å². The van der Waals surface area contributed by atoms with Crippen LogP contribution in [0.1, 0.15) is 29.5 Å². The number of rotatable bonds is 2. The fourth-order valence-electron chi connectivity index (χ4n) is 1.45. The van der Waals surface area contributed by atoms with Crippen LogP contribution in [-0.4, -0.2) is 11.1 Å². The molecule has 0 amide bonds. The summed E-state index contributed by atoms with van der Waals surface area (Å²) in [5.41, 5.74) is 2.56. The molecule has 0 spiro atoms. The molecule has 0 aliphatic heterocycles. The third kappa shape index (κ3) is 1.90. The Hall–Kier alpha value is -1.02. The van der Waals surface area contributed by atoms with E-state index in [-0.39, 0.29) is 0 Å². The molecule has 1 rings (SSSR count). The van der Waals surface area contributed by atoms with Gasteiger partial charge in [-0.15, -0.1) is 0 Å². The highest BCUT2D eigenvalue weighted by Gasteiger charge is 2.19. The van der Waals surface area contributed by atoms with E-state index in [4.69, 9.17) is 16.7 Å². The molecule has 0 bridgehead atoms. The Morgan fingerprint density at radius 1 is 1.36 bits per heavy atom. The summed E-state index contributed by atoms with van der Waals surface area (Å²) < 4.78 is 0. The number of halogens is 1. The lowest BCUT2D eigenvalue weighted by atomic mass is 9.94. The largest absolute Gasteiger partial charge is 0.481 e. The number of carboxylic acids is 1. The monoisotopic (exact) mass is 212 g/mol. The van der Waals surface area contributed by atoms with Crippen molar-refractivity contribution in [1.82, 2.24) is 0 Å². The van der Waals surface area contributed by atoms with Gasteiger partial charge in [0.05, 0.1) is 5.92 Å². The summed E-state index contributed by atoms with van der Waals surface area (Å²) in [6.07, 6.45) is 0. The highest BCUT2D eigenvalue weighted by Crippen LogP contribution is 2.30. The minimum atomic E-state index is -0.847. The zero-order valence-corrected chi connectivity index (χ0v) is 9.22. The first kappa shape index (κ1) is 11.1. The molecular weight excluding hydrogens is 200 g/mol. The second-order valence-corrected chi connectivity index (χ2v) is 3.86. The SMILES string of the molecule is Cc1ccc(C)c(C(C)C(=O)O)c1Cl. The number of carboxylic acid groups (broad SMARTS) is 1. The quantitative estimate of drug-likeness (QED) is 0.818. The molecule has 0 heterocycles. The van der Waals surface area contributed by atoms with Crippen LogP contribution in [0, 0.1) is 13.8 Å². The number of aliphatic carboxylic acids is 1. The van der Waals surface area contributed by atoms with Crippen molar-refractivity contribution >= 4 is 17.6 Å². The third-order valence-electron chi connectivity index (χ3n) is 2.39. The molecule has 1 atom stereocenters. The molecular formula is C11H13ClO2. The van der Waals surface area contributed by atoms with Gasteiger partial charge in [0.25, 0.3) is 0 Å². The van der Waals surface area contributed by atoms with Gasteiger partial charge in [0.2, 0.25) is 0 Å². The summed E-state index contributed by atoms with van der Waals surface area (Å²) in [5, 5.41) is 9.49. The van der Waals surface area contributed by atoms with Gasteiger partial charge in [0.15, 0.2) is 0 Å². The van der Waals surface area contributed by atoms with Crippen LogP contribution >= 0.6 is 11.6 Å². The Morgan fingerprint density at radius 3 is 2.36 bits per heavy atom. The molecule has 0 saturated carbocycles. The smallest absolute Gasteiger partial charge is 0.310 e. The standard InChI is InChI=1S/C11H13ClO2/c1-6-4-5-7(2)10(12)9(6)8(3)11(13)14/h4-5,8H,1-3H3,(H,13,14). The molecule has 0 aliphatic carbocycles. The van der Waals surface area contributed by atoms with Crippen molar-refractivity contribution in [2.24, 2.45) is 0 Å². The van der Waals surface area contributed by atoms with Gasteiger partial charge >= 0.3 is 5.97 Å². The average Bonchev–Trinajstić information content (AvgIpc) is 2.12. The van der Waals surface area contributed by atoms with Gasteiger partial charge in [-0.05, 0) is 37.5 Å². The van der Waals surface area contributed by atoms with Gasteiger partial charge in [-0.3, -0.25) is 4.79 Å². The van der Waals surface area contributed by atoms with Gasteiger partial charge in [-0.1, -0.05) is 23.7 Å². The molecule has 0 aromatic heterocycles. The fraction of sp³-hybridized carbons (Fsp3) is 0.364. The van der Waals surface area contributed by atoms with E-state index in [1.54, 1.807) is 6.92 Å². The Morgan fingerprint density at radius 2 is 1.86 bits per heavy atom. The number of benzene rings is 1. The summed E-state index contributed by atoms with van der Waals surface area (Å²) in [6.45, 7) is 5.40. The van der Waals surface area contributed by atoms with E-state index < -0.39 is 11.9 Å². The predicted octanol–water partition coefficient (Wildman–Crippen LogP) is 3.14. The minimum absolute atomic E-state index is 0.553. The maximum Gasteiger partial charge on any atom is 0.310 e. The molecule has 2 nitrogen and oxygen atoms in total. The lowest BCUT2D eigenvalue weighted by Gasteiger charge is -2.14. The van der Waals surface area contributed by atoms with Gasteiger partial charge in [0.1, 0.15) is 0 Å². The van der Waals surface area contributed by atoms with Crippen molar-refractivity contribution in [3.63, 3.8) is 0 Å². The van der Waals surface area contributed by atoms with E-state index in [1.165, 1.54) is 0 Å². The third-order valence-corrected chi connectivity index (χ3v) is 2.90. The first-order valence-corrected chi connectivity index (χ1v) is 4.81. The zero-order valence-electron chi connectivity index (χ0n) is 8.47. The maximum absolute atomic E-state index is 10.9. The fourth-order valence-corrected chi connectivity index (χ4v) is 1.83. The Kier molecular flexibility index (Phi) is 3.17. The molecule has 1 N–H and O–H groups in total. The van der Waals surface area contributed by atoms with E-state index >= 15 is 0 Å². The molecule has 0 radical (unpaired) electrons. The predicted molar refractivity (Wildman–Crippen MR) is 57.0 cm³/mol. The minimum Gasteiger partial charge on any atom is -0.481 e. The van der Waals surface area contributed by atoms with Crippen LogP contribution in [0.2, 0.25) is 5.02 Å². The van der Waals surface area contributed by atoms with Gasteiger partial charge in [0, 0.05) is 5.02 Å². The van der Waals surface area contributed by atoms with E-state index in [9.17, 15) is 4.79 Å². The van der Waals surface area contributed by atoms with Crippen molar-refractivity contribution in [3.05, 3.63) is 33.8 Å². The van der Waals surface area contributed by atoms with E-state index in [2.05, 4.69) is 0 Å². The number of carbonyl (C=O) groups is 1. The zero-order chi connectivity index (χ0) is 10.9. The van der Waals surface area contributed by atoms with Gasteiger partial charge < -0.3 is 5.11 Å². The Balaban J connectivity index is 3.32. The molecule has 0 saturated heterocycles. The van der Waals surface area contributed by atoms with Crippen molar-refractivity contribution < 1.29 is 9.90 Å². The van der Waals surface area contributed by atoms with Crippen LogP contribution in [0.3, 0.4) is 0 Å². The molecule has 0 aliphatic rings. The normalized spacial score (nSPS) is 12.6. The molecule has 1 aromatic rings. The van der Waals surface area contributed by atoms with Gasteiger partial charge in [-0.25, -0.2) is 0 Å². The molecule has 0 fully saturated rings. The molecule has 14 heavy (non-hydrogen) atoms. The first-order valence-electron chi connectivity index (χ1n) is 4.43. The molecule has 1 unspecified atom stereocenters. The summed E-state index contributed by atoms with van der Waals surface area (Å²) >= 11 is 6.07. The first-order chi connectivity index (χ1) is 6.45. The van der Waals surface area contributed by atoms with Crippen LogP contribution in [-0.2, 0) is 4.79 Å². The van der Waals surface area contributed by atoms with Crippen LogP contribution in [0.25, 0.3) is 0 Å². The summed E-state index contributed by atoms with van der Waals surface area (Å²) in [5.74, 6) is -1.40. The molecule has 1 aromatic carbocycles. The van der Waals surface area contributed by atoms with Crippen molar-refractivity contribution in [2.75, 3.05) is 0 Å². The number of hydrogen-bond donors (Lipinski definition) is 1. The summed E-state index contributed by atoms with van der Waals surface area (Å²) in [4.78, 5) is 10.9. The maximum atomic E-state index is 10.9. The topological polar surface area (TPSA) is 37.3 Å². The van der Waals surface area contributed by atoms with Crippen molar-refractivity contribution in [2.45, 2.75) is 26.7 Å². The average molecular weight is 213 g/mol. The van der Waals surface area contributed by atoms with Crippen LogP contribution in [0.15, 0.2) is 12.1 Å². The molecule has 76 valence electrons. The second-order valence-electron chi connectivity index (χ2n) is 3.49. The summed E-state index contributed by atoms with van der Waals surface area (Å²) in [6, 6.07) is 3.80. The lowest BCUT2D eigenvalue weighted by Crippen LogP contribution is -2.10. The van der Waals surface area contributed by atoms with Gasteiger partial charge in [-0.2, -0.15) is 0 Å². The van der Waals surface area contributed by atoms with E-state index in [1.807, 2.05) is 26.0 Å².